The van der Waals surface area contributed by atoms with E-state index in [1.54, 1.807) is 12.1 Å². The predicted molar refractivity (Wildman–Crippen MR) is 60.4 cm³/mol. The van der Waals surface area contributed by atoms with Crippen molar-refractivity contribution in [3.05, 3.63) is 35.6 Å². The molecule has 0 amide bonds. The van der Waals surface area contributed by atoms with E-state index in [4.69, 9.17) is 0 Å². The van der Waals surface area contributed by atoms with Crippen LogP contribution >= 0.6 is 0 Å². The third-order valence-electron chi connectivity index (χ3n) is 3.03. The van der Waals surface area contributed by atoms with E-state index in [-0.39, 0.29) is 5.82 Å². The number of halogens is 1. The molecule has 1 aliphatic carbocycles. The summed E-state index contributed by atoms with van der Waals surface area (Å²) in [7, 11) is 0. The molecule has 82 valence electrons. The Morgan fingerprint density at radius 3 is 3.07 bits per heavy atom. The van der Waals surface area contributed by atoms with Crippen molar-refractivity contribution in [2.45, 2.75) is 25.7 Å². The van der Waals surface area contributed by atoms with Gasteiger partial charge in [-0.25, -0.2) is 4.39 Å². The third kappa shape index (κ3) is 2.78. The Morgan fingerprint density at radius 2 is 2.33 bits per heavy atom. The number of nitrogens with one attached hydrogen (secondary N) is 1. The lowest BCUT2D eigenvalue weighted by Crippen LogP contribution is -2.17. The zero-order valence-corrected chi connectivity index (χ0v) is 9.17. The Balaban J connectivity index is 1.83. The minimum atomic E-state index is -0.111. The van der Waals surface area contributed by atoms with Crippen molar-refractivity contribution in [3.63, 3.8) is 0 Å². The highest BCUT2D eigenvalue weighted by Gasteiger charge is 2.37. The van der Waals surface area contributed by atoms with Gasteiger partial charge in [0.2, 0.25) is 0 Å². The van der Waals surface area contributed by atoms with Crippen LogP contribution in [0.15, 0.2) is 24.3 Å². The number of rotatable bonds is 5. The van der Waals surface area contributed by atoms with Crippen LogP contribution in [0.1, 0.15) is 31.2 Å². The second-order valence-corrected chi connectivity index (χ2v) is 4.36. The summed E-state index contributed by atoms with van der Waals surface area (Å²) in [5.74, 6) is 1.20. The van der Waals surface area contributed by atoms with Crippen LogP contribution in [-0.2, 0) is 0 Å². The molecule has 1 aromatic carbocycles. The van der Waals surface area contributed by atoms with E-state index in [0.29, 0.717) is 5.92 Å². The molecular formula is C13H18FN. The molecule has 0 radical (unpaired) electrons. The fraction of sp³-hybridized carbons (Fsp3) is 0.538. The molecule has 0 aromatic heterocycles. The Morgan fingerprint density at radius 1 is 1.47 bits per heavy atom. The van der Waals surface area contributed by atoms with E-state index in [9.17, 15) is 4.39 Å². The van der Waals surface area contributed by atoms with Crippen molar-refractivity contribution in [2.24, 2.45) is 5.92 Å². The van der Waals surface area contributed by atoms with E-state index in [0.717, 1.165) is 19.0 Å². The Bertz CT molecular complexity index is 324. The van der Waals surface area contributed by atoms with Crippen LogP contribution in [0.4, 0.5) is 4.39 Å². The molecule has 2 atom stereocenters. The van der Waals surface area contributed by atoms with Gasteiger partial charge in [0.15, 0.2) is 0 Å². The van der Waals surface area contributed by atoms with Gasteiger partial charge in [0.05, 0.1) is 0 Å². The maximum Gasteiger partial charge on any atom is 0.123 e. The largest absolute Gasteiger partial charge is 0.316 e. The minimum absolute atomic E-state index is 0.111. The molecule has 0 aliphatic heterocycles. The van der Waals surface area contributed by atoms with Gasteiger partial charge >= 0.3 is 0 Å². The lowest BCUT2D eigenvalue weighted by atomic mass is 10.1. The molecule has 1 aliphatic rings. The highest BCUT2D eigenvalue weighted by Crippen LogP contribution is 2.46. The lowest BCUT2D eigenvalue weighted by molar-refractivity contribution is 0.613. The van der Waals surface area contributed by atoms with Gasteiger partial charge in [0, 0.05) is 0 Å². The highest BCUT2D eigenvalue weighted by atomic mass is 19.1. The number of hydrogen-bond donors (Lipinski definition) is 1. The van der Waals surface area contributed by atoms with Crippen molar-refractivity contribution >= 4 is 0 Å². The zero-order chi connectivity index (χ0) is 10.7. The van der Waals surface area contributed by atoms with E-state index in [1.807, 2.05) is 6.07 Å². The van der Waals surface area contributed by atoms with E-state index in [1.165, 1.54) is 24.5 Å². The van der Waals surface area contributed by atoms with Crippen LogP contribution in [0.5, 0.6) is 0 Å². The van der Waals surface area contributed by atoms with E-state index in [2.05, 4.69) is 12.2 Å². The van der Waals surface area contributed by atoms with Gasteiger partial charge in [-0.05, 0) is 55.5 Å². The SMILES string of the molecule is CCCNCC1CC1c1cccc(F)c1. The molecule has 1 saturated carbocycles. The molecule has 0 bridgehead atoms. The van der Waals surface area contributed by atoms with Gasteiger partial charge in [-0.1, -0.05) is 19.1 Å². The Kier molecular flexibility index (Phi) is 3.37. The first kappa shape index (κ1) is 10.6. The number of benzene rings is 1. The van der Waals surface area contributed by atoms with Gasteiger partial charge in [-0.3, -0.25) is 0 Å². The van der Waals surface area contributed by atoms with Gasteiger partial charge < -0.3 is 5.32 Å². The van der Waals surface area contributed by atoms with Crippen molar-refractivity contribution in [1.82, 2.24) is 5.32 Å². The first-order valence-electron chi connectivity index (χ1n) is 5.77. The molecule has 1 aromatic rings. The first-order chi connectivity index (χ1) is 7.31. The fourth-order valence-corrected chi connectivity index (χ4v) is 2.08. The lowest BCUT2D eigenvalue weighted by Gasteiger charge is -2.02. The number of hydrogen-bond acceptors (Lipinski definition) is 1. The van der Waals surface area contributed by atoms with Gasteiger partial charge in [0.1, 0.15) is 5.82 Å². The molecule has 0 heterocycles. The Hall–Kier alpha value is -0.890. The predicted octanol–water partition coefficient (Wildman–Crippen LogP) is 2.93. The van der Waals surface area contributed by atoms with Crippen molar-refractivity contribution in [2.75, 3.05) is 13.1 Å². The molecule has 1 nitrogen and oxygen atoms in total. The van der Waals surface area contributed by atoms with Gasteiger partial charge in [0.25, 0.3) is 0 Å². The molecule has 2 rings (SSSR count). The van der Waals surface area contributed by atoms with Gasteiger partial charge in [-0.15, -0.1) is 0 Å². The maximum atomic E-state index is 13.0. The fourth-order valence-electron chi connectivity index (χ4n) is 2.08. The van der Waals surface area contributed by atoms with Crippen molar-refractivity contribution in [1.29, 1.82) is 0 Å². The van der Waals surface area contributed by atoms with Crippen molar-refractivity contribution < 1.29 is 4.39 Å². The molecule has 1 fully saturated rings. The summed E-state index contributed by atoms with van der Waals surface area (Å²) >= 11 is 0. The summed E-state index contributed by atoms with van der Waals surface area (Å²) in [6.45, 7) is 4.34. The maximum absolute atomic E-state index is 13.0. The van der Waals surface area contributed by atoms with Crippen LogP contribution in [0.2, 0.25) is 0 Å². The quantitative estimate of drug-likeness (QED) is 0.732. The third-order valence-corrected chi connectivity index (χ3v) is 3.03. The van der Waals surface area contributed by atoms with Crippen LogP contribution in [0.25, 0.3) is 0 Å². The summed E-state index contributed by atoms with van der Waals surface area (Å²) in [5, 5.41) is 3.42. The van der Waals surface area contributed by atoms with Crippen LogP contribution < -0.4 is 5.32 Å². The summed E-state index contributed by atoms with van der Waals surface area (Å²) in [4.78, 5) is 0. The first-order valence-corrected chi connectivity index (χ1v) is 5.77. The topological polar surface area (TPSA) is 12.0 Å². The minimum Gasteiger partial charge on any atom is -0.316 e. The monoisotopic (exact) mass is 207 g/mol. The average Bonchev–Trinajstić information content (AvgIpc) is 2.98. The summed E-state index contributed by atoms with van der Waals surface area (Å²) < 4.78 is 13.0. The van der Waals surface area contributed by atoms with Gasteiger partial charge in [-0.2, -0.15) is 0 Å². The standard InChI is InChI=1S/C13H18FN/c1-2-6-15-9-11-8-13(11)10-4-3-5-12(14)7-10/h3-5,7,11,13,15H,2,6,8-9H2,1H3. The normalized spacial score (nSPS) is 24.1. The summed E-state index contributed by atoms with van der Waals surface area (Å²) in [6.07, 6.45) is 2.39. The second kappa shape index (κ2) is 4.75. The van der Waals surface area contributed by atoms with Crippen LogP contribution in [0.3, 0.4) is 0 Å². The zero-order valence-electron chi connectivity index (χ0n) is 9.17. The molecule has 0 saturated heterocycles. The molecule has 0 spiro atoms. The van der Waals surface area contributed by atoms with Crippen molar-refractivity contribution in [3.8, 4) is 0 Å². The van der Waals surface area contributed by atoms with E-state index >= 15 is 0 Å². The average molecular weight is 207 g/mol. The molecule has 2 unspecified atom stereocenters. The highest BCUT2D eigenvalue weighted by molar-refractivity contribution is 5.26. The second-order valence-electron chi connectivity index (χ2n) is 4.36. The molecule has 15 heavy (non-hydrogen) atoms. The summed E-state index contributed by atoms with van der Waals surface area (Å²) in [5.41, 5.74) is 1.17. The van der Waals surface area contributed by atoms with E-state index < -0.39 is 0 Å². The van der Waals surface area contributed by atoms with Crippen LogP contribution in [0, 0.1) is 11.7 Å². The van der Waals surface area contributed by atoms with Crippen LogP contribution in [-0.4, -0.2) is 13.1 Å². The molecule has 2 heteroatoms. The Labute approximate surface area is 90.7 Å². The smallest absolute Gasteiger partial charge is 0.123 e. The summed E-state index contributed by atoms with van der Waals surface area (Å²) in [6, 6.07) is 7.02. The molecular weight excluding hydrogens is 189 g/mol. The molecule has 1 N–H and O–H groups in total.